The van der Waals surface area contributed by atoms with Gasteiger partial charge in [0.25, 0.3) is 0 Å². The van der Waals surface area contributed by atoms with Crippen LogP contribution in [0.2, 0.25) is 0 Å². The van der Waals surface area contributed by atoms with E-state index in [2.05, 4.69) is 5.32 Å². The third-order valence-electron chi connectivity index (χ3n) is 4.37. The summed E-state index contributed by atoms with van der Waals surface area (Å²) < 4.78 is 5.13. The first-order chi connectivity index (χ1) is 14.1. The minimum absolute atomic E-state index is 0.107. The molecule has 0 atom stereocenters. The third kappa shape index (κ3) is 5.39. The van der Waals surface area contributed by atoms with Gasteiger partial charge in [-0.1, -0.05) is 61.5 Å². The minimum Gasteiger partial charge on any atom is -0.454 e. The zero-order valence-electron chi connectivity index (χ0n) is 16.1. The van der Waals surface area contributed by atoms with Gasteiger partial charge in [0.05, 0.1) is 5.56 Å². The van der Waals surface area contributed by atoms with Crippen LogP contribution in [0, 0.1) is 0 Å². The first-order valence-corrected chi connectivity index (χ1v) is 9.32. The molecular weight excluding hydrogens is 366 g/mol. The zero-order valence-corrected chi connectivity index (χ0v) is 16.1. The Bertz CT molecular complexity index is 993. The van der Waals surface area contributed by atoms with E-state index < -0.39 is 5.97 Å². The summed E-state index contributed by atoms with van der Waals surface area (Å²) in [5.41, 5.74) is 3.47. The molecule has 0 saturated heterocycles. The van der Waals surface area contributed by atoms with Crippen LogP contribution in [0.25, 0.3) is 11.1 Å². The average Bonchev–Trinajstić information content (AvgIpc) is 2.78. The van der Waals surface area contributed by atoms with Crippen LogP contribution in [-0.2, 0) is 9.53 Å². The fraction of sp³-hybridized carbons (Fsp3) is 0.125. The Kier molecular flexibility index (Phi) is 6.53. The van der Waals surface area contributed by atoms with Gasteiger partial charge in [-0.2, -0.15) is 0 Å². The highest BCUT2D eigenvalue weighted by Gasteiger charge is 2.12. The lowest BCUT2D eigenvalue weighted by Gasteiger charge is -2.07. The molecule has 3 aromatic carbocycles. The number of ether oxygens (including phenoxy) is 1. The van der Waals surface area contributed by atoms with E-state index in [0.29, 0.717) is 23.2 Å². The van der Waals surface area contributed by atoms with Crippen molar-refractivity contribution in [2.24, 2.45) is 0 Å². The van der Waals surface area contributed by atoms with Gasteiger partial charge < -0.3 is 10.1 Å². The van der Waals surface area contributed by atoms with Gasteiger partial charge in [-0.05, 0) is 35.4 Å². The highest BCUT2D eigenvalue weighted by atomic mass is 16.5. The molecule has 5 nitrogen and oxygen atoms in total. The van der Waals surface area contributed by atoms with Crippen LogP contribution in [0.1, 0.15) is 34.1 Å². The molecule has 0 fully saturated rings. The Labute approximate surface area is 169 Å². The molecule has 0 radical (unpaired) electrons. The first-order valence-electron chi connectivity index (χ1n) is 9.32. The largest absolute Gasteiger partial charge is 0.454 e. The van der Waals surface area contributed by atoms with Crippen molar-refractivity contribution in [3.63, 3.8) is 0 Å². The predicted octanol–water partition coefficient (Wildman–Crippen LogP) is 4.74. The molecule has 0 unspecified atom stereocenters. The van der Waals surface area contributed by atoms with Crippen LogP contribution in [0.4, 0.5) is 5.69 Å². The van der Waals surface area contributed by atoms with Gasteiger partial charge in [-0.15, -0.1) is 0 Å². The van der Waals surface area contributed by atoms with E-state index in [1.54, 1.807) is 43.3 Å². The number of hydrogen-bond acceptors (Lipinski definition) is 4. The summed E-state index contributed by atoms with van der Waals surface area (Å²) in [5, 5.41) is 2.70. The SMILES string of the molecule is CCC(=O)Nc1ccc(C(=O)OCC(=O)c2ccc(-c3ccccc3)cc2)cc1. The smallest absolute Gasteiger partial charge is 0.338 e. The van der Waals surface area contributed by atoms with Crippen molar-refractivity contribution in [1.29, 1.82) is 0 Å². The Morgan fingerprint density at radius 2 is 1.34 bits per heavy atom. The summed E-state index contributed by atoms with van der Waals surface area (Å²) in [5.74, 6) is -0.971. The van der Waals surface area contributed by atoms with Crippen molar-refractivity contribution in [2.45, 2.75) is 13.3 Å². The number of ketones is 1. The van der Waals surface area contributed by atoms with E-state index in [-0.39, 0.29) is 18.3 Å². The van der Waals surface area contributed by atoms with E-state index in [4.69, 9.17) is 4.74 Å². The highest BCUT2D eigenvalue weighted by Crippen LogP contribution is 2.19. The number of rotatable bonds is 7. The zero-order chi connectivity index (χ0) is 20.6. The molecule has 5 heteroatoms. The van der Waals surface area contributed by atoms with Gasteiger partial charge in [0.15, 0.2) is 12.4 Å². The van der Waals surface area contributed by atoms with E-state index in [0.717, 1.165) is 11.1 Å². The number of benzene rings is 3. The van der Waals surface area contributed by atoms with E-state index >= 15 is 0 Å². The van der Waals surface area contributed by atoms with E-state index in [1.807, 2.05) is 42.5 Å². The van der Waals surface area contributed by atoms with Crippen molar-refractivity contribution in [3.05, 3.63) is 90.0 Å². The number of carbonyl (C=O) groups excluding carboxylic acids is 3. The number of amides is 1. The van der Waals surface area contributed by atoms with Crippen molar-refractivity contribution >= 4 is 23.3 Å². The van der Waals surface area contributed by atoms with E-state index in [1.165, 1.54) is 0 Å². The maximum atomic E-state index is 12.3. The fourth-order valence-corrected chi connectivity index (χ4v) is 2.72. The number of esters is 1. The molecule has 1 amide bonds. The average molecular weight is 387 g/mol. The topological polar surface area (TPSA) is 72.5 Å². The van der Waals surface area contributed by atoms with Gasteiger partial charge in [0, 0.05) is 17.7 Å². The molecule has 1 N–H and O–H groups in total. The second-order valence-electron chi connectivity index (χ2n) is 6.42. The molecular formula is C24H21NO4. The number of hydrogen-bond donors (Lipinski definition) is 1. The number of Topliss-reactive ketones (excluding diaryl/α,β-unsaturated/α-hetero) is 1. The molecule has 3 aromatic rings. The Hall–Kier alpha value is -3.73. The summed E-state index contributed by atoms with van der Waals surface area (Å²) in [6.45, 7) is 1.42. The summed E-state index contributed by atoms with van der Waals surface area (Å²) >= 11 is 0. The van der Waals surface area contributed by atoms with Crippen molar-refractivity contribution in [1.82, 2.24) is 0 Å². The normalized spacial score (nSPS) is 10.2. The summed E-state index contributed by atoms with van der Waals surface area (Å²) in [7, 11) is 0. The summed E-state index contributed by atoms with van der Waals surface area (Å²) in [6.07, 6.45) is 0.373. The number of nitrogens with one attached hydrogen (secondary N) is 1. The Balaban J connectivity index is 1.56. The van der Waals surface area contributed by atoms with Crippen LogP contribution in [-0.4, -0.2) is 24.3 Å². The number of carbonyl (C=O) groups is 3. The first kappa shape index (κ1) is 20.0. The molecule has 0 aliphatic heterocycles. The fourth-order valence-electron chi connectivity index (χ4n) is 2.72. The molecule has 0 aliphatic rings. The van der Waals surface area contributed by atoms with Crippen LogP contribution >= 0.6 is 0 Å². The van der Waals surface area contributed by atoms with Crippen molar-refractivity contribution in [2.75, 3.05) is 11.9 Å². The van der Waals surface area contributed by atoms with Gasteiger partial charge >= 0.3 is 5.97 Å². The van der Waals surface area contributed by atoms with Gasteiger partial charge in [0.2, 0.25) is 5.91 Å². The number of anilines is 1. The second kappa shape index (κ2) is 9.46. The van der Waals surface area contributed by atoms with Crippen molar-refractivity contribution < 1.29 is 19.1 Å². The van der Waals surface area contributed by atoms with Crippen LogP contribution < -0.4 is 5.32 Å². The third-order valence-corrected chi connectivity index (χ3v) is 4.37. The van der Waals surface area contributed by atoms with Gasteiger partial charge in [-0.3, -0.25) is 9.59 Å². The highest BCUT2D eigenvalue weighted by molar-refractivity contribution is 6.00. The molecule has 146 valence electrons. The lowest BCUT2D eigenvalue weighted by atomic mass is 10.0. The summed E-state index contributed by atoms with van der Waals surface area (Å²) in [4.78, 5) is 35.8. The summed E-state index contributed by atoms with van der Waals surface area (Å²) in [6, 6.07) is 23.4. The molecule has 0 bridgehead atoms. The molecule has 3 rings (SSSR count). The molecule has 0 aliphatic carbocycles. The maximum absolute atomic E-state index is 12.3. The molecule has 0 saturated carbocycles. The predicted molar refractivity (Wildman–Crippen MR) is 112 cm³/mol. The standard InChI is InChI=1S/C24H21NO4/c1-2-23(27)25-21-14-12-20(13-15-21)24(28)29-16-22(26)19-10-8-18(9-11-19)17-6-4-3-5-7-17/h3-15H,2,16H2,1H3,(H,25,27). The van der Waals surface area contributed by atoms with Crippen LogP contribution in [0.5, 0.6) is 0 Å². The van der Waals surface area contributed by atoms with Crippen molar-refractivity contribution in [3.8, 4) is 11.1 Å². The lowest BCUT2D eigenvalue weighted by Crippen LogP contribution is -2.14. The van der Waals surface area contributed by atoms with Gasteiger partial charge in [0.1, 0.15) is 0 Å². The minimum atomic E-state index is -0.590. The van der Waals surface area contributed by atoms with Crippen LogP contribution in [0.3, 0.4) is 0 Å². The Morgan fingerprint density at radius 3 is 1.97 bits per heavy atom. The second-order valence-corrected chi connectivity index (χ2v) is 6.42. The molecule has 0 heterocycles. The van der Waals surface area contributed by atoms with E-state index in [9.17, 15) is 14.4 Å². The molecule has 0 aromatic heterocycles. The lowest BCUT2D eigenvalue weighted by molar-refractivity contribution is -0.115. The molecule has 0 spiro atoms. The maximum Gasteiger partial charge on any atom is 0.338 e. The Morgan fingerprint density at radius 1 is 0.759 bits per heavy atom. The molecule has 29 heavy (non-hydrogen) atoms. The monoisotopic (exact) mass is 387 g/mol. The van der Waals surface area contributed by atoms with Gasteiger partial charge in [-0.25, -0.2) is 4.79 Å². The van der Waals surface area contributed by atoms with Crippen LogP contribution in [0.15, 0.2) is 78.9 Å². The quantitative estimate of drug-likeness (QED) is 0.469.